The van der Waals surface area contributed by atoms with Crippen molar-refractivity contribution >= 4 is 29.9 Å². The first-order valence-corrected chi connectivity index (χ1v) is 9.16. The van der Waals surface area contributed by atoms with E-state index in [9.17, 15) is 4.39 Å². The molecular weight excluding hydrogens is 474 g/mol. The summed E-state index contributed by atoms with van der Waals surface area (Å²) in [5.74, 6) is 0.482. The van der Waals surface area contributed by atoms with Gasteiger partial charge in [0.25, 0.3) is 0 Å². The smallest absolute Gasteiger partial charge is 0.191 e. The number of aliphatic imine (C=N–C) groups is 1. The van der Waals surface area contributed by atoms with Crippen molar-refractivity contribution in [3.05, 3.63) is 53.6 Å². The number of nitrogens with one attached hydrogen (secondary N) is 2. The Bertz CT molecular complexity index is 762. The van der Waals surface area contributed by atoms with Crippen LogP contribution in [0.25, 0.3) is 0 Å². The summed E-state index contributed by atoms with van der Waals surface area (Å²) in [6.07, 6.45) is 1.77. The third-order valence-electron chi connectivity index (χ3n) is 4.77. The van der Waals surface area contributed by atoms with E-state index < -0.39 is 0 Å². The average Bonchev–Trinajstić information content (AvgIpc) is 3.10. The fourth-order valence-electron chi connectivity index (χ4n) is 3.22. The van der Waals surface area contributed by atoms with Gasteiger partial charge in [0.15, 0.2) is 5.96 Å². The maximum Gasteiger partial charge on any atom is 0.191 e. The minimum Gasteiger partial charge on any atom is -0.379 e. The third kappa shape index (κ3) is 6.14. The summed E-state index contributed by atoms with van der Waals surface area (Å²) in [5, 5.41) is 10.8. The Morgan fingerprint density at radius 2 is 2.07 bits per heavy atom. The standard InChI is InChI=1S/C19H27FN6O.HI/c1-21-19(22-13-17-6-7-24-25(17)2)23-14-18(26-8-10-27-11-9-26)15-4-3-5-16(20)12-15;/h3-7,12,18H,8-11,13-14H2,1-2H3,(H2,21,22,23);1H. The van der Waals surface area contributed by atoms with Crippen LogP contribution < -0.4 is 10.6 Å². The average molecular weight is 502 g/mol. The van der Waals surface area contributed by atoms with Crippen LogP contribution in [0.15, 0.2) is 41.5 Å². The van der Waals surface area contributed by atoms with Crippen molar-refractivity contribution in [1.82, 2.24) is 25.3 Å². The lowest BCUT2D eigenvalue weighted by Crippen LogP contribution is -2.46. The van der Waals surface area contributed by atoms with Gasteiger partial charge >= 0.3 is 0 Å². The molecule has 1 fully saturated rings. The summed E-state index contributed by atoms with van der Waals surface area (Å²) < 4.78 is 21.1. The van der Waals surface area contributed by atoms with Gasteiger partial charge in [0.05, 0.1) is 31.5 Å². The Kier molecular flexibility index (Phi) is 9.13. The van der Waals surface area contributed by atoms with Gasteiger partial charge in [-0.1, -0.05) is 12.1 Å². The highest BCUT2D eigenvalue weighted by molar-refractivity contribution is 14.0. The van der Waals surface area contributed by atoms with Crippen LogP contribution in [-0.2, 0) is 18.3 Å². The summed E-state index contributed by atoms with van der Waals surface area (Å²) in [6.45, 7) is 4.28. The first kappa shape index (κ1) is 22.6. The molecule has 1 aliphatic rings. The highest BCUT2D eigenvalue weighted by Gasteiger charge is 2.23. The molecule has 7 nitrogen and oxygen atoms in total. The minimum atomic E-state index is -0.218. The number of rotatable bonds is 6. The molecule has 2 N–H and O–H groups in total. The maximum absolute atomic E-state index is 13.8. The summed E-state index contributed by atoms with van der Waals surface area (Å²) in [4.78, 5) is 6.61. The Labute approximate surface area is 182 Å². The fourth-order valence-corrected chi connectivity index (χ4v) is 3.22. The molecule has 1 aromatic carbocycles. The number of ether oxygens (including phenoxy) is 1. The molecule has 2 heterocycles. The van der Waals surface area contributed by atoms with Gasteiger partial charge in [-0.2, -0.15) is 5.10 Å². The summed E-state index contributed by atoms with van der Waals surface area (Å²) in [6, 6.07) is 8.81. The zero-order valence-corrected chi connectivity index (χ0v) is 18.6. The van der Waals surface area contributed by atoms with Gasteiger partial charge in [-0.05, 0) is 23.8 Å². The van der Waals surface area contributed by atoms with E-state index in [0.717, 1.165) is 24.3 Å². The van der Waals surface area contributed by atoms with Crippen LogP contribution in [0.4, 0.5) is 4.39 Å². The van der Waals surface area contributed by atoms with Crippen LogP contribution >= 0.6 is 24.0 Å². The molecule has 0 amide bonds. The van der Waals surface area contributed by atoms with Crippen LogP contribution in [-0.4, -0.2) is 60.5 Å². The molecule has 154 valence electrons. The molecule has 1 aliphatic heterocycles. The molecule has 1 unspecified atom stereocenters. The lowest BCUT2D eigenvalue weighted by Gasteiger charge is -2.35. The van der Waals surface area contributed by atoms with Crippen molar-refractivity contribution in [3.63, 3.8) is 0 Å². The van der Waals surface area contributed by atoms with E-state index in [2.05, 4.69) is 25.6 Å². The normalized spacial score (nSPS) is 16.3. The van der Waals surface area contributed by atoms with E-state index in [-0.39, 0.29) is 35.8 Å². The molecule has 1 saturated heterocycles. The van der Waals surface area contributed by atoms with Crippen molar-refractivity contribution in [2.75, 3.05) is 39.9 Å². The number of hydrogen-bond acceptors (Lipinski definition) is 4. The number of benzene rings is 1. The molecule has 0 radical (unpaired) electrons. The maximum atomic E-state index is 13.8. The summed E-state index contributed by atoms with van der Waals surface area (Å²) >= 11 is 0. The highest BCUT2D eigenvalue weighted by atomic mass is 127. The lowest BCUT2D eigenvalue weighted by atomic mass is 10.0. The topological polar surface area (TPSA) is 66.7 Å². The van der Waals surface area contributed by atoms with Gasteiger partial charge in [0.2, 0.25) is 0 Å². The Balaban J connectivity index is 0.00000280. The number of aryl methyl sites for hydroxylation is 1. The largest absolute Gasteiger partial charge is 0.379 e. The van der Waals surface area contributed by atoms with E-state index >= 15 is 0 Å². The Morgan fingerprint density at radius 1 is 1.29 bits per heavy atom. The number of guanidine groups is 1. The second-order valence-electron chi connectivity index (χ2n) is 6.47. The van der Waals surface area contributed by atoms with Crippen molar-refractivity contribution in [2.45, 2.75) is 12.6 Å². The van der Waals surface area contributed by atoms with Crippen molar-refractivity contribution < 1.29 is 9.13 Å². The van der Waals surface area contributed by atoms with E-state index in [0.29, 0.717) is 32.3 Å². The van der Waals surface area contributed by atoms with E-state index in [4.69, 9.17) is 4.74 Å². The molecule has 0 bridgehead atoms. The van der Waals surface area contributed by atoms with Gasteiger partial charge in [-0.25, -0.2) is 4.39 Å². The lowest BCUT2D eigenvalue weighted by molar-refractivity contribution is 0.0169. The number of halogens is 2. The molecule has 0 spiro atoms. The molecule has 9 heteroatoms. The molecule has 3 rings (SSSR count). The number of hydrogen-bond donors (Lipinski definition) is 2. The van der Waals surface area contributed by atoms with Crippen LogP contribution in [0.2, 0.25) is 0 Å². The van der Waals surface area contributed by atoms with Crippen molar-refractivity contribution in [2.24, 2.45) is 12.0 Å². The minimum absolute atomic E-state index is 0. The number of aromatic nitrogens is 2. The molecule has 0 aliphatic carbocycles. The Hall–Kier alpha value is -1.72. The van der Waals surface area contributed by atoms with Crippen LogP contribution in [0.5, 0.6) is 0 Å². The van der Waals surface area contributed by atoms with Gasteiger partial charge in [0.1, 0.15) is 5.82 Å². The van der Waals surface area contributed by atoms with Crippen LogP contribution in [0, 0.1) is 5.82 Å². The number of morpholine rings is 1. The first-order valence-electron chi connectivity index (χ1n) is 9.16. The van der Waals surface area contributed by atoms with Gasteiger partial charge < -0.3 is 15.4 Å². The molecule has 0 saturated carbocycles. The van der Waals surface area contributed by atoms with Gasteiger partial charge in [-0.3, -0.25) is 14.6 Å². The van der Waals surface area contributed by atoms with Crippen molar-refractivity contribution in [1.29, 1.82) is 0 Å². The summed E-state index contributed by atoms with van der Waals surface area (Å²) in [5.41, 5.74) is 2.01. The molecule has 28 heavy (non-hydrogen) atoms. The van der Waals surface area contributed by atoms with E-state index in [1.54, 1.807) is 25.4 Å². The zero-order valence-electron chi connectivity index (χ0n) is 16.3. The molecule has 1 atom stereocenters. The molecule has 2 aromatic rings. The zero-order chi connectivity index (χ0) is 19.1. The first-order chi connectivity index (χ1) is 13.2. The Morgan fingerprint density at radius 3 is 2.71 bits per heavy atom. The second kappa shape index (κ2) is 11.3. The summed E-state index contributed by atoms with van der Waals surface area (Å²) in [7, 11) is 3.65. The van der Waals surface area contributed by atoms with Crippen LogP contribution in [0.3, 0.4) is 0 Å². The number of nitrogens with zero attached hydrogens (tertiary/aromatic N) is 4. The molecular formula is C19H28FIN6O. The molecule has 1 aromatic heterocycles. The van der Waals surface area contributed by atoms with E-state index in [1.165, 1.54) is 6.07 Å². The SMILES string of the molecule is CN=C(NCc1ccnn1C)NCC(c1cccc(F)c1)N1CCOCC1.I. The van der Waals surface area contributed by atoms with Gasteiger partial charge in [-0.15, -0.1) is 24.0 Å². The third-order valence-corrected chi connectivity index (χ3v) is 4.77. The van der Waals surface area contributed by atoms with E-state index in [1.807, 2.05) is 23.9 Å². The second-order valence-corrected chi connectivity index (χ2v) is 6.47. The highest BCUT2D eigenvalue weighted by Crippen LogP contribution is 2.22. The predicted octanol–water partition coefficient (Wildman–Crippen LogP) is 1.92. The quantitative estimate of drug-likeness (QED) is 0.359. The van der Waals surface area contributed by atoms with Crippen LogP contribution in [0.1, 0.15) is 17.3 Å². The monoisotopic (exact) mass is 502 g/mol. The predicted molar refractivity (Wildman–Crippen MR) is 118 cm³/mol. The van der Waals surface area contributed by atoms with Crippen molar-refractivity contribution in [3.8, 4) is 0 Å². The van der Waals surface area contributed by atoms with Gasteiger partial charge in [0, 0.05) is 39.9 Å². The fraction of sp³-hybridized carbons (Fsp3) is 0.474.